The van der Waals surface area contributed by atoms with Crippen LogP contribution < -0.4 is 0 Å². The summed E-state index contributed by atoms with van der Waals surface area (Å²) in [5.41, 5.74) is -5.39. The molecule has 0 N–H and O–H groups in total. The van der Waals surface area contributed by atoms with E-state index in [1.807, 2.05) is 0 Å². The molecule has 0 radical (unpaired) electrons. The third kappa shape index (κ3) is 2.22. The van der Waals surface area contributed by atoms with Gasteiger partial charge in [0.25, 0.3) is 11.5 Å². The zero-order valence-corrected chi connectivity index (χ0v) is 17.2. The summed E-state index contributed by atoms with van der Waals surface area (Å²) in [4.78, 5) is 66.9. The van der Waals surface area contributed by atoms with Gasteiger partial charge in [0.1, 0.15) is 11.1 Å². The Labute approximate surface area is 176 Å². The lowest BCUT2D eigenvalue weighted by molar-refractivity contribution is -0.221. The summed E-state index contributed by atoms with van der Waals surface area (Å²) >= 11 is 0. The predicted octanol–water partition coefficient (Wildman–Crippen LogP) is 0.241. The monoisotopic (exact) mass is 429 g/mol. The Morgan fingerprint density at radius 1 is 1.06 bits per heavy atom. The number of amides is 1. The van der Waals surface area contributed by atoms with Gasteiger partial charge in [-0.15, -0.1) is 0 Å². The van der Waals surface area contributed by atoms with Gasteiger partial charge < -0.3 is 18.9 Å². The first kappa shape index (κ1) is 20.7. The highest BCUT2D eigenvalue weighted by Gasteiger charge is 2.78. The smallest absolute Gasteiger partial charge is 0.351 e. The number of benzene rings is 1. The second-order valence-corrected chi connectivity index (χ2v) is 7.14. The van der Waals surface area contributed by atoms with Crippen molar-refractivity contribution in [1.82, 2.24) is 4.90 Å². The molecular weight excluding hydrogens is 410 g/mol. The number of carbonyl (C=O) groups is 5. The second-order valence-electron chi connectivity index (χ2n) is 7.14. The van der Waals surface area contributed by atoms with Gasteiger partial charge in [0.05, 0.1) is 26.9 Å². The SMILES string of the molecule is CCOC(=O)[C@@]12O[C@]3(C(C(=O)OC)=C1C(=O)OC)c1ccccc1C(=O)N3C(C)C2=O. The van der Waals surface area contributed by atoms with Crippen molar-refractivity contribution in [3.63, 3.8) is 0 Å². The van der Waals surface area contributed by atoms with E-state index in [0.29, 0.717) is 0 Å². The third-order valence-electron chi connectivity index (χ3n) is 5.78. The molecule has 1 aromatic rings. The van der Waals surface area contributed by atoms with Crippen LogP contribution in [0.4, 0.5) is 0 Å². The first-order valence-electron chi connectivity index (χ1n) is 9.50. The Bertz CT molecular complexity index is 1090. The van der Waals surface area contributed by atoms with Gasteiger partial charge in [-0.1, -0.05) is 18.2 Å². The Morgan fingerprint density at radius 2 is 1.68 bits per heavy atom. The molecule has 10 nitrogen and oxygen atoms in total. The van der Waals surface area contributed by atoms with E-state index >= 15 is 0 Å². The lowest BCUT2D eigenvalue weighted by atomic mass is 9.85. The molecule has 3 heterocycles. The zero-order valence-electron chi connectivity index (χ0n) is 17.2. The number of carbonyl (C=O) groups excluding carboxylic acids is 5. The third-order valence-corrected chi connectivity index (χ3v) is 5.78. The van der Waals surface area contributed by atoms with Crippen LogP contribution in [0.25, 0.3) is 0 Å². The molecule has 31 heavy (non-hydrogen) atoms. The molecule has 1 amide bonds. The summed E-state index contributed by atoms with van der Waals surface area (Å²) in [6.07, 6.45) is 0. The van der Waals surface area contributed by atoms with Gasteiger partial charge in [-0.05, 0) is 19.9 Å². The van der Waals surface area contributed by atoms with Crippen molar-refractivity contribution in [2.45, 2.75) is 31.2 Å². The predicted molar refractivity (Wildman–Crippen MR) is 100 cm³/mol. The highest BCUT2D eigenvalue weighted by Crippen LogP contribution is 2.60. The van der Waals surface area contributed by atoms with Gasteiger partial charge in [-0.25, -0.2) is 14.4 Å². The number of rotatable bonds is 4. The van der Waals surface area contributed by atoms with Crippen LogP contribution >= 0.6 is 0 Å². The van der Waals surface area contributed by atoms with Crippen LogP contribution in [0.5, 0.6) is 0 Å². The van der Waals surface area contributed by atoms with Crippen LogP contribution in [0.2, 0.25) is 0 Å². The maximum atomic E-state index is 13.5. The Kier molecular flexibility index (Phi) is 4.51. The summed E-state index contributed by atoms with van der Waals surface area (Å²) in [6, 6.07) is 5.00. The fourth-order valence-electron chi connectivity index (χ4n) is 4.60. The number of hydrogen-bond acceptors (Lipinski definition) is 9. The van der Waals surface area contributed by atoms with E-state index in [2.05, 4.69) is 0 Å². The highest BCUT2D eigenvalue weighted by atomic mass is 16.6. The van der Waals surface area contributed by atoms with Crippen LogP contribution in [-0.4, -0.2) is 67.0 Å². The summed E-state index contributed by atoms with van der Waals surface area (Å²) in [6.45, 7) is 2.78. The number of Topliss-reactive ketones (excluding diaryl/α,β-unsaturated/α-hetero) is 1. The lowest BCUT2D eigenvalue weighted by Gasteiger charge is -2.46. The lowest BCUT2D eigenvalue weighted by Crippen LogP contribution is -2.67. The minimum Gasteiger partial charge on any atom is -0.466 e. The molecule has 2 bridgehead atoms. The largest absolute Gasteiger partial charge is 0.466 e. The van der Waals surface area contributed by atoms with Crippen LogP contribution in [0.1, 0.15) is 29.8 Å². The van der Waals surface area contributed by atoms with E-state index in [1.54, 1.807) is 12.1 Å². The van der Waals surface area contributed by atoms with Gasteiger partial charge >= 0.3 is 17.9 Å². The molecule has 162 valence electrons. The second kappa shape index (κ2) is 6.74. The van der Waals surface area contributed by atoms with E-state index in [-0.39, 0.29) is 17.7 Å². The normalized spacial score (nSPS) is 28.3. The minimum atomic E-state index is -2.60. The van der Waals surface area contributed by atoms with Crippen molar-refractivity contribution >= 4 is 29.6 Å². The van der Waals surface area contributed by atoms with Crippen molar-refractivity contribution in [3.8, 4) is 0 Å². The quantitative estimate of drug-likeness (QED) is 0.376. The molecule has 10 heteroatoms. The van der Waals surface area contributed by atoms with E-state index in [4.69, 9.17) is 18.9 Å². The molecule has 1 spiro atoms. The van der Waals surface area contributed by atoms with Crippen LogP contribution in [0.3, 0.4) is 0 Å². The topological polar surface area (TPSA) is 126 Å². The number of hydrogen-bond donors (Lipinski definition) is 0. The average molecular weight is 429 g/mol. The summed E-state index contributed by atoms with van der Waals surface area (Å²) in [5.74, 6) is -4.90. The molecule has 0 aliphatic carbocycles. The molecule has 3 aliphatic heterocycles. The molecule has 4 rings (SSSR count). The first-order valence-corrected chi connectivity index (χ1v) is 9.50. The summed E-state index contributed by atoms with van der Waals surface area (Å²) < 4.78 is 20.9. The molecule has 1 fully saturated rings. The van der Waals surface area contributed by atoms with Gasteiger partial charge in [0, 0.05) is 11.1 Å². The van der Waals surface area contributed by atoms with E-state index < -0.39 is 58.1 Å². The van der Waals surface area contributed by atoms with Gasteiger partial charge in [-0.2, -0.15) is 0 Å². The molecule has 3 atom stereocenters. The van der Waals surface area contributed by atoms with E-state index in [9.17, 15) is 24.0 Å². The van der Waals surface area contributed by atoms with Crippen molar-refractivity contribution in [2.24, 2.45) is 0 Å². The van der Waals surface area contributed by atoms with Gasteiger partial charge in [-0.3, -0.25) is 14.5 Å². The van der Waals surface area contributed by atoms with Gasteiger partial charge in [0.15, 0.2) is 0 Å². The van der Waals surface area contributed by atoms with Crippen molar-refractivity contribution in [2.75, 3.05) is 20.8 Å². The number of ether oxygens (including phenoxy) is 4. The first-order chi connectivity index (χ1) is 14.7. The zero-order chi connectivity index (χ0) is 22.7. The Hall–Kier alpha value is -3.53. The fraction of sp³-hybridized carbons (Fsp3) is 0.381. The van der Waals surface area contributed by atoms with Crippen molar-refractivity contribution in [3.05, 3.63) is 46.5 Å². The number of ketones is 1. The molecule has 1 saturated heterocycles. The fourth-order valence-corrected chi connectivity index (χ4v) is 4.60. The Balaban J connectivity index is 2.18. The van der Waals surface area contributed by atoms with Crippen molar-refractivity contribution in [1.29, 1.82) is 0 Å². The minimum absolute atomic E-state index is 0.125. The Morgan fingerprint density at radius 3 is 2.29 bits per heavy atom. The van der Waals surface area contributed by atoms with Crippen LogP contribution in [-0.2, 0) is 43.9 Å². The molecular formula is C21H19NO9. The van der Waals surface area contributed by atoms with E-state index in [1.165, 1.54) is 26.0 Å². The van der Waals surface area contributed by atoms with Crippen molar-refractivity contribution < 1.29 is 42.9 Å². The molecule has 1 aromatic carbocycles. The average Bonchev–Trinajstić information content (AvgIpc) is 3.21. The van der Waals surface area contributed by atoms with E-state index in [0.717, 1.165) is 19.1 Å². The van der Waals surface area contributed by atoms with Gasteiger partial charge in [0.2, 0.25) is 11.5 Å². The maximum Gasteiger partial charge on any atom is 0.351 e. The number of nitrogens with zero attached hydrogens (tertiary/aromatic N) is 1. The number of methoxy groups -OCH3 is 2. The molecule has 3 aliphatic rings. The standard InChI is InChI=1S/C21H19NO9/c1-5-30-19(27)20-13(17(25)28-3)14(18(26)29-4)21(31-20)12-9-7-6-8-11(12)16(24)22(21)10(2)15(20)23/h6-10H,5H2,1-4H3/t10?,20-,21+/m1/s1. The maximum absolute atomic E-state index is 13.5. The highest BCUT2D eigenvalue weighted by molar-refractivity contribution is 6.25. The molecule has 0 aromatic heterocycles. The van der Waals surface area contributed by atoms with Crippen LogP contribution in [0, 0.1) is 0 Å². The number of fused-ring (bicyclic) bond motifs is 2. The number of esters is 3. The summed E-state index contributed by atoms with van der Waals surface area (Å²) in [7, 11) is 2.10. The molecule has 1 unspecified atom stereocenters. The molecule has 0 saturated carbocycles. The van der Waals surface area contributed by atoms with Crippen LogP contribution in [0.15, 0.2) is 35.4 Å². The summed E-state index contributed by atoms with van der Waals surface area (Å²) in [5, 5.41) is 0.